The Balaban J connectivity index is 1.38. The van der Waals surface area contributed by atoms with Crippen molar-refractivity contribution < 1.29 is 9.18 Å². The van der Waals surface area contributed by atoms with Crippen LogP contribution in [0.5, 0.6) is 0 Å². The van der Waals surface area contributed by atoms with Gasteiger partial charge in [-0.3, -0.25) is 4.79 Å². The highest BCUT2D eigenvalue weighted by atomic mass is 19.1. The number of carbonyl (C=O) groups excluding carboxylic acids is 1. The zero-order valence-electron chi connectivity index (χ0n) is 20.0. The van der Waals surface area contributed by atoms with Gasteiger partial charge in [-0.2, -0.15) is 0 Å². The van der Waals surface area contributed by atoms with Crippen molar-refractivity contribution in [2.45, 2.75) is 0 Å². The summed E-state index contributed by atoms with van der Waals surface area (Å²) in [4.78, 5) is 25.8. The SMILES string of the molecule is CN1CCN(c2ccc(Nc3ncc4cccc(-c5cccc(NC(=O)C=CF)c5)c4n3)cc2)CC1. The zero-order chi connectivity index (χ0) is 24.9. The molecule has 1 aromatic heterocycles. The number of anilines is 4. The van der Waals surface area contributed by atoms with Crippen LogP contribution in [0.1, 0.15) is 0 Å². The standard InChI is InChI=1S/C28H27FN6O/c1-34-14-16-35(17-15-34)24-10-8-22(9-11-24)32-28-30-19-21-5-3-7-25(27(21)33-28)20-4-2-6-23(18-20)31-26(36)12-13-29/h2-13,18-19H,14-17H2,1H3,(H,31,36)(H,30,32,33). The molecule has 2 N–H and O–H groups in total. The Morgan fingerprint density at radius 2 is 1.75 bits per heavy atom. The summed E-state index contributed by atoms with van der Waals surface area (Å²) in [6.07, 6.45) is 2.85. The summed E-state index contributed by atoms with van der Waals surface area (Å²) >= 11 is 0. The van der Waals surface area contributed by atoms with Crippen molar-refractivity contribution in [3.05, 3.63) is 85.3 Å². The van der Waals surface area contributed by atoms with Gasteiger partial charge in [0.05, 0.1) is 11.8 Å². The van der Waals surface area contributed by atoms with Crippen LogP contribution >= 0.6 is 0 Å². The van der Waals surface area contributed by atoms with E-state index in [4.69, 9.17) is 4.98 Å². The Morgan fingerprint density at radius 3 is 2.53 bits per heavy atom. The molecule has 0 saturated carbocycles. The normalized spacial score (nSPS) is 14.3. The fraction of sp³-hybridized carbons (Fsp3) is 0.179. The minimum atomic E-state index is -0.528. The number of nitrogens with one attached hydrogen (secondary N) is 2. The predicted octanol–water partition coefficient (Wildman–Crippen LogP) is 5.21. The Kier molecular flexibility index (Phi) is 6.86. The first-order chi connectivity index (χ1) is 17.6. The second-order valence-electron chi connectivity index (χ2n) is 8.76. The molecule has 0 aliphatic carbocycles. The molecule has 8 heteroatoms. The number of fused-ring (bicyclic) bond motifs is 1. The van der Waals surface area contributed by atoms with Gasteiger partial charge in [0.2, 0.25) is 5.95 Å². The molecular formula is C28H27FN6O. The van der Waals surface area contributed by atoms with Gasteiger partial charge < -0.3 is 20.4 Å². The van der Waals surface area contributed by atoms with E-state index in [2.05, 4.69) is 44.6 Å². The molecule has 4 aromatic rings. The quantitative estimate of drug-likeness (QED) is 0.368. The second kappa shape index (κ2) is 10.5. The predicted molar refractivity (Wildman–Crippen MR) is 143 cm³/mol. The first-order valence-electron chi connectivity index (χ1n) is 11.8. The Labute approximate surface area is 209 Å². The van der Waals surface area contributed by atoms with E-state index < -0.39 is 5.91 Å². The molecule has 1 saturated heterocycles. The summed E-state index contributed by atoms with van der Waals surface area (Å²) in [7, 11) is 2.15. The maximum Gasteiger partial charge on any atom is 0.250 e. The lowest BCUT2D eigenvalue weighted by atomic mass is 10.0. The van der Waals surface area contributed by atoms with Crippen molar-refractivity contribution in [3.8, 4) is 11.1 Å². The molecule has 0 spiro atoms. The number of para-hydroxylation sites is 1. The fourth-order valence-corrected chi connectivity index (χ4v) is 4.30. The average Bonchev–Trinajstić information content (AvgIpc) is 2.89. The lowest BCUT2D eigenvalue weighted by molar-refractivity contribution is -0.111. The molecule has 1 amide bonds. The van der Waals surface area contributed by atoms with E-state index >= 15 is 0 Å². The molecule has 0 unspecified atom stereocenters. The molecule has 182 valence electrons. The van der Waals surface area contributed by atoms with Gasteiger partial charge in [0, 0.05) is 66.5 Å². The molecule has 36 heavy (non-hydrogen) atoms. The average molecular weight is 483 g/mol. The molecule has 2 heterocycles. The number of hydrogen-bond acceptors (Lipinski definition) is 6. The van der Waals surface area contributed by atoms with Crippen molar-refractivity contribution >= 4 is 39.8 Å². The van der Waals surface area contributed by atoms with Gasteiger partial charge in [-0.05, 0) is 49.0 Å². The molecule has 3 aromatic carbocycles. The number of piperazine rings is 1. The third-order valence-electron chi connectivity index (χ3n) is 6.26. The number of rotatable bonds is 6. The van der Waals surface area contributed by atoms with E-state index in [0.29, 0.717) is 11.6 Å². The van der Waals surface area contributed by atoms with Crippen molar-refractivity contribution in [2.75, 3.05) is 48.8 Å². The third-order valence-corrected chi connectivity index (χ3v) is 6.26. The van der Waals surface area contributed by atoms with Crippen LogP contribution in [-0.2, 0) is 4.79 Å². The van der Waals surface area contributed by atoms with E-state index in [1.165, 1.54) is 5.69 Å². The number of carbonyl (C=O) groups is 1. The number of hydrogen-bond donors (Lipinski definition) is 2. The number of benzene rings is 3. The van der Waals surface area contributed by atoms with Crippen LogP contribution in [0.15, 0.2) is 85.3 Å². The van der Waals surface area contributed by atoms with E-state index in [9.17, 15) is 9.18 Å². The molecule has 7 nitrogen and oxygen atoms in total. The number of nitrogens with zero attached hydrogens (tertiary/aromatic N) is 4. The third kappa shape index (κ3) is 5.34. The zero-order valence-corrected chi connectivity index (χ0v) is 20.0. The van der Waals surface area contributed by atoms with Gasteiger partial charge in [0.25, 0.3) is 5.91 Å². The van der Waals surface area contributed by atoms with Gasteiger partial charge in [-0.15, -0.1) is 0 Å². The summed E-state index contributed by atoms with van der Waals surface area (Å²) < 4.78 is 12.3. The largest absolute Gasteiger partial charge is 0.369 e. The van der Waals surface area contributed by atoms with Crippen molar-refractivity contribution in [3.63, 3.8) is 0 Å². The highest BCUT2D eigenvalue weighted by Gasteiger charge is 2.14. The first kappa shape index (κ1) is 23.4. The van der Waals surface area contributed by atoms with Crippen LogP contribution in [0.25, 0.3) is 22.0 Å². The van der Waals surface area contributed by atoms with E-state index in [-0.39, 0.29) is 6.33 Å². The Bertz CT molecular complexity index is 1400. The Hall–Kier alpha value is -4.30. The first-order valence-corrected chi connectivity index (χ1v) is 11.8. The van der Waals surface area contributed by atoms with Crippen molar-refractivity contribution in [2.24, 2.45) is 0 Å². The van der Waals surface area contributed by atoms with E-state index in [0.717, 1.165) is 60.0 Å². The monoisotopic (exact) mass is 482 g/mol. The lowest BCUT2D eigenvalue weighted by Crippen LogP contribution is -2.44. The van der Waals surface area contributed by atoms with Crippen LogP contribution in [0.4, 0.5) is 27.4 Å². The van der Waals surface area contributed by atoms with Gasteiger partial charge in [-0.1, -0.05) is 30.3 Å². The summed E-state index contributed by atoms with van der Waals surface area (Å²) in [6, 6.07) is 21.6. The topological polar surface area (TPSA) is 73.4 Å². The second-order valence-corrected chi connectivity index (χ2v) is 8.76. The fourth-order valence-electron chi connectivity index (χ4n) is 4.30. The number of halogens is 1. The highest BCUT2D eigenvalue weighted by molar-refractivity contribution is 6.00. The molecule has 1 aliphatic rings. The van der Waals surface area contributed by atoms with Crippen LogP contribution in [0, 0.1) is 0 Å². The van der Waals surface area contributed by atoms with Crippen LogP contribution in [0.2, 0.25) is 0 Å². The number of amides is 1. The minimum Gasteiger partial charge on any atom is -0.369 e. The molecular weight excluding hydrogens is 455 g/mol. The molecule has 0 bridgehead atoms. The van der Waals surface area contributed by atoms with Crippen molar-refractivity contribution in [1.29, 1.82) is 0 Å². The van der Waals surface area contributed by atoms with Gasteiger partial charge in [0.1, 0.15) is 0 Å². The van der Waals surface area contributed by atoms with Crippen LogP contribution in [-0.4, -0.2) is 54.0 Å². The van der Waals surface area contributed by atoms with Crippen LogP contribution in [0.3, 0.4) is 0 Å². The van der Waals surface area contributed by atoms with E-state index in [1.807, 2.05) is 48.5 Å². The van der Waals surface area contributed by atoms with Gasteiger partial charge in [0.15, 0.2) is 0 Å². The minimum absolute atomic E-state index is 0.218. The lowest BCUT2D eigenvalue weighted by Gasteiger charge is -2.34. The molecule has 1 aliphatic heterocycles. The highest BCUT2D eigenvalue weighted by Crippen LogP contribution is 2.30. The van der Waals surface area contributed by atoms with Crippen molar-refractivity contribution in [1.82, 2.24) is 14.9 Å². The number of aromatic nitrogens is 2. The Morgan fingerprint density at radius 1 is 0.972 bits per heavy atom. The number of likely N-dealkylation sites (N-methyl/N-ethyl adjacent to an activating group) is 1. The summed E-state index contributed by atoms with van der Waals surface area (Å²) in [5.74, 6) is -0.0279. The summed E-state index contributed by atoms with van der Waals surface area (Å²) in [5, 5.41) is 6.87. The summed E-state index contributed by atoms with van der Waals surface area (Å²) in [6.45, 7) is 4.18. The maximum atomic E-state index is 12.3. The molecule has 0 radical (unpaired) electrons. The van der Waals surface area contributed by atoms with E-state index in [1.54, 1.807) is 12.3 Å². The smallest absolute Gasteiger partial charge is 0.250 e. The summed E-state index contributed by atoms with van der Waals surface area (Å²) in [5.41, 5.74) is 5.26. The van der Waals surface area contributed by atoms with Gasteiger partial charge in [-0.25, -0.2) is 14.4 Å². The van der Waals surface area contributed by atoms with Crippen LogP contribution < -0.4 is 15.5 Å². The van der Waals surface area contributed by atoms with Gasteiger partial charge >= 0.3 is 0 Å². The molecule has 1 fully saturated rings. The molecule has 0 atom stereocenters. The maximum absolute atomic E-state index is 12.3. The molecule has 5 rings (SSSR count).